The topological polar surface area (TPSA) is 107 Å². The maximum atomic E-state index is 10.6. The van der Waals surface area contributed by atoms with Crippen LogP contribution < -0.4 is 5.32 Å². The maximum absolute atomic E-state index is 10.6. The molecular formula is C15H13N5O3. The molecule has 0 aliphatic carbocycles. The van der Waals surface area contributed by atoms with E-state index in [1.54, 1.807) is 0 Å². The lowest BCUT2D eigenvalue weighted by Crippen LogP contribution is -2.09. The summed E-state index contributed by atoms with van der Waals surface area (Å²) in [6, 6.07) is 12.1. The van der Waals surface area contributed by atoms with Gasteiger partial charge in [0, 0.05) is 11.6 Å². The third kappa shape index (κ3) is 3.31. The predicted octanol–water partition coefficient (Wildman–Crippen LogP) is 3.21. The molecule has 8 nitrogen and oxygen atoms in total. The number of anilines is 1. The Morgan fingerprint density at radius 1 is 1.22 bits per heavy atom. The summed E-state index contributed by atoms with van der Waals surface area (Å²) in [4.78, 5) is 18.4. The summed E-state index contributed by atoms with van der Waals surface area (Å²) in [7, 11) is 0. The number of aromatic nitrogens is 3. The lowest BCUT2D eigenvalue weighted by Gasteiger charge is -2.09. The standard InChI is InChI=1S/C15H13N5O3/c1-10(17-13-8-7-12(9-16-13)20(21)22)14-18-15(23-19-14)11-5-3-2-4-6-11/h2-10H,1H3,(H,16,17). The van der Waals surface area contributed by atoms with Gasteiger partial charge in [0.05, 0.1) is 11.0 Å². The highest BCUT2D eigenvalue weighted by atomic mass is 16.6. The van der Waals surface area contributed by atoms with Crippen LogP contribution in [0.15, 0.2) is 53.2 Å². The van der Waals surface area contributed by atoms with Crippen LogP contribution in [0.5, 0.6) is 0 Å². The fraction of sp³-hybridized carbons (Fsp3) is 0.133. The Kier molecular flexibility index (Phi) is 3.96. The molecule has 0 saturated heterocycles. The zero-order valence-electron chi connectivity index (χ0n) is 12.2. The fourth-order valence-electron chi connectivity index (χ4n) is 1.97. The van der Waals surface area contributed by atoms with Crippen LogP contribution in [0, 0.1) is 10.1 Å². The third-order valence-electron chi connectivity index (χ3n) is 3.17. The second-order valence-corrected chi connectivity index (χ2v) is 4.85. The van der Waals surface area contributed by atoms with Gasteiger partial charge in [-0.3, -0.25) is 10.1 Å². The van der Waals surface area contributed by atoms with Crippen molar-refractivity contribution in [3.63, 3.8) is 0 Å². The van der Waals surface area contributed by atoms with E-state index in [4.69, 9.17) is 4.52 Å². The monoisotopic (exact) mass is 311 g/mol. The highest BCUT2D eigenvalue weighted by Crippen LogP contribution is 2.21. The highest BCUT2D eigenvalue weighted by molar-refractivity contribution is 5.52. The largest absolute Gasteiger partial charge is 0.360 e. The molecule has 1 unspecified atom stereocenters. The first-order valence-electron chi connectivity index (χ1n) is 6.89. The second-order valence-electron chi connectivity index (χ2n) is 4.85. The Labute approximate surface area is 131 Å². The van der Waals surface area contributed by atoms with Crippen molar-refractivity contribution < 1.29 is 9.45 Å². The Balaban J connectivity index is 1.72. The molecule has 0 radical (unpaired) electrons. The number of nitro groups is 1. The second kappa shape index (κ2) is 6.22. The van der Waals surface area contributed by atoms with E-state index >= 15 is 0 Å². The average Bonchev–Trinajstić information content (AvgIpc) is 3.06. The van der Waals surface area contributed by atoms with Gasteiger partial charge in [0.2, 0.25) is 0 Å². The molecule has 23 heavy (non-hydrogen) atoms. The molecule has 1 aromatic carbocycles. The number of benzene rings is 1. The van der Waals surface area contributed by atoms with Crippen LogP contribution in [0.3, 0.4) is 0 Å². The van der Waals surface area contributed by atoms with Crippen molar-refractivity contribution in [1.82, 2.24) is 15.1 Å². The van der Waals surface area contributed by atoms with Gasteiger partial charge >= 0.3 is 0 Å². The van der Waals surface area contributed by atoms with Crippen LogP contribution in [0.2, 0.25) is 0 Å². The fourth-order valence-corrected chi connectivity index (χ4v) is 1.97. The third-order valence-corrected chi connectivity index (χ3v) is 3.17. The van der Waals surface area contributed by atoms with Gasteiger partial charge in [-0.1, -0.05) is 23.4 Å². The van der Waals surface area contributed by atoms with Gasteiger partial charge in [0.15, 0.2) is 5.82 Å². The average molecular weight is 311 g/mol. The van der Waals surface area contributed by atoms with Gasteiger partial charge in [-0.15, -0.1) is 0 Å². The Hall–Kier alpha value is -3.29. The van der Waals surface area contributed by atoms with E-state index in [2.05, 4.69) is 20.4 Å². The summed E-state index contributed by atoms with van der Waals surface area (Å²) >= 11 is 0. The van der Waals surface area contributed by atoms with Gasteiger partial charge in [-0.2, -0.15) is 4.98 Å². The normalized spacial score (nSPS) is 11.9. The highest BCUT2D eigenvalue weighted by Gasteiger charge is 2.15. The number of nitrogens with zero attached hydrogens (tertiary/aromatic N) is 4. The molecule has 3 aromatic rings. The molecule has 0 bridgehead atoms. The number of hydrogen-bond donors (Lipinski definition) is 1. The van der Waals surface area contributed by atoms with Crippen molar-refractivity contribution in [2.24, 2.45) is 0 Å². The van der Waals surface area contributed by atoms with Crippen LogP contribution in [-0.2, 0) is 0 Å². The van der Waals surface area contributed by atoms with Crippen LogP contribution in [0.4, 0.5) is 11.5 Å². The summed E-state index contributed by atoms with van der Waals surface area (Å²) in [6.45, 7) is 1.85. The summed E-state index contributed by atoms with van der Waals surface area (Å²) in [5.41, 5.74) is 0.779. The van der Waals surface area contributed by atoms with E-state index in [9.17, 15) is 10.1 Å². The maximum Gasteiger partial charge on any atom is 0.287 e. The predicted molar refractivity (Wildman–Crippen MR) is 82.7 cm³/mol. The van der Waals surface area contributed by atoms with E-state index in [1.165, 1.54) is 18.3 Å². The molecule has 1 atom stereocenters. The van der Waals surface area contributed by atoms with Gasteiger partial charge < -0.3 is 9.84 Å². The Morgan fingerprint density at radius 3 is 2.65 bits per heavy atom. The number of hydrogen-bond acceptors (Lipinski definition) is 7. The summed E-state index contributed by atoms with van der Waals surface area (Å²) in [6.07, 6.45) is 1.20. The van der Waals surface area contributed by atoms with Gasteiger partial charge in [-0.25, -0.2) is 4.98 Å². The zero-order chi connectivity index (χ0) is 16.2. The van der Waals surface area contributed by atoms with Crippen molar-refractivity contribution in [1.29, 1.82) is 0 Å². The molecule has 8 heteroatoms. The lowest BCUT2D eigenvalue weighted by molar-refractivity contribution is -0.385. The van der Waals surface area contributed by atoms with E-state index in [1.807, 2.05) is 37.3 Å². The minimum atomic E-state index is -0.495. The van der Waals surface area contributed by atoms with Crippen molar-refractivity contribution in [3.8, 4) is 11.5 Å². The van der Waals surface area contributed by atoms with Crippen LogP contribution >= 0.6 is 0 Å². The Morgan fingerprint density at radius 2 is 2.00 bits per heavy atom. The molecule has 2 heterocycles. The minimum Gasteiger partial charge on any atom is -0.360 e. The summed E-state index contributed by atoms with van der Waals surface area (Å²) in [5, 5.41) is 17.6. The Bertz CT molecular complexity index is 801. The molecule has 0 amide bonds. The number of nitrogens with one attached hydrogen (secondary N) is 1. The molecule has 2 aromatic heterocycles. The number of pyridine rings is 1. The molecule has 0 aliphatic rings. The van der Waals surface area contributed by atoms with E-state index < -0.39 is 4.92 Å². The van der Waals surface area contributed by atoms with Gasteiger partial charge in [0.1, 0.15) is 12.0 Å². The van der Waals surface area contributed by atoms with Crippen molar-refractivity contribution >= 4 is 11.5 Å². The number of rotatable bonds is 5. The first-order valence-corrected chi connectivity index (χ1v) is 6.89. The molecule has 1 N–H and O–H groups in total. The van der Waals surface area contributed by atoms with Crippen molar-refractivity contribution in [2.45, 2.75) is 13.0 Å². The summed E-state index contributed by atoms with van der Waals surface area (Å²) < 4.78 is 5.25. The molecule has 0 aliphatic heterocycles. The SMILES string of the molecule is CC(Nc1ccc([N+](=O)[O-])cn1)c1noc(-c2ccccc2)n1. The first kappa shape index (κ1) is 14.6. The van der Waals surface area contributed by atoms with Gasteiger partial charge in [0.25, 0.3) is 11.6 Å². The molecule has 116 valence electrons. The lowest BCUT2D eigenvalue weighted by atomic mass is 10.2. The molecular weight excluding hydrogens is 298 g/mol. The van der Waals surface area contributed by atoms with E-state index in [0.717, 1.165) is 5.56 Å². The quantitative estimate of drug-likeness (QED) is 0.569. The van der Waals surface area contributed by atoms with Gasteiger partial charge in [-0.05, 0) is 25.1 Å². The minimum absolute atomic E-state index is 0.0610. The zero-order valence-corrected chi connectivity index (χ0v) is 12.2. The van der Waals surface area contributed by atoms with Crippen LogP contribution in [0.25, 0.3) is 11.5 Å². The molecule has 0 fully saturated rings. The van der Waals surface area contributed by atoms with E-state index in [-0.39, 0.29) is 11.7 Å². The molecule has 0 spiro atoms. The van der Waals surface area contributed by atoms with E-state index in [0.29, 0.717) is 17.5 Å². The van der Waals surface area contributed by atoms with Crippen molar-refractivity contribution in [3.05, 3.63) is 64.6 Å². The molecule has 3 rings (SSSR count). The first-order chi connectivity index (χ1) is 11.1. The molecule has 0 saturated carbocycles. The summed E-state index contributed by atoms with van der Waals surface area (Å²) in [5.74, 6) is 1.41. The van der Waals surface area contributed by atoms with Crippen LogP contribution in [-0.4, -0.2) is 20.0 Å². The van der Waals surface area contributed by atoms with Crippen LogP contribution in [0.1, 0.15) is 18.8 Å². The smallest absolute Gasteiger partial charge is 0.287 e. The van der Waals surface area contributed by atoms with Crippen molar-refractivity contribution in [2.75, 3.05) is 5.32 Å².